The molecule has 0 bridgehead atoms. The van der Waals surface area contributed by atoms with Gasteiger partial charge in [0.15, 0.2) is 5.67 Å². The number of nitro groups is 1. The lowest BCUT2D eigenvalue weighted by Gasteiger charge is -2.39. The Hall–Kier alpha value is -5.59. The van der Waals surface area contributed by atoms with Crippen LogP contribution in [0.15, 0.2) is 95.7 Å². The second-order valence-corrected chi connectivity index (χ2v) is 19.2. The summed E-state index contributed by atoms with van der Waals surface area (Å²) in [5.74, 6) is -0.619. The number of rotatable bonds is 13. The second kappa shape index (κ2) is 18.3. The molecule has 0 spiro atoms. The molecule has 2 saturated heterocycles. The van der Waals surface area contributed by atoms with Crippen LogP contribution in [-0.2, 0) is 19.5 Å². The van der Waals surface area contributed by atoms with E-state index in [4.69, 9.17) is 25.8 Å². The van der Waals surface area contributed by atoms with Crippen LogP contribution in [0.25, 0.3) is 16.6 Å². The number of alkyl halides is 1. The Labute approximate surface area is 369 Å². The molecule has 0 unspecified atom stereocenters. The van der Waals surface area contributed by atoms with Crippen molar-refractivity contribution in [3.63, 3.8) is 0 Å². The van der Waals surface area contributed by atoms with Gasteiger partial charge in [-0.15, -0.1) is 0 Å². The van der Waals surface area contributed by atoms with Crippen LogP contribution >= 0.6 is 11.6 Å². The number of carbonyl (C=O) groups is 1. The minimum absolute atomic E-state index is 0.0825. The summed E-state index contributed by atoms with van der Waals surface area (Å²) in [6, 6.07) is 19.7. The zero-order valence-corrected chi connectivity index (χ0v) is 36.6. The molecule has 2 aliphatic heterocycles. The van der Waals surface area contributed by atoms with Crippen molar-refractivity contribution in [3.05, 3.63) is 117 Å². The molecule has 4 heterocycles. The van der Waals surface area contributed by atoms with E-state index >= 15 is 4.39 Å². The Morgan fingerprint density at radius 2 is 1.76 bits per heavy atom. The van der Waals surface area contributed by atoms with Gasteiger partial charge in [0.05, 0.1) is 54.6 Å². The third kappa shape index (κ3) is 10.5. The highest BCUT2D eigenvalue weighted by Crippen LogP contribution is 2.43. The van der Waals surface area contributed by atoms with Crippen molar-refractivity contribution >= 4 is 61.2 Å². The van der Waals surface area contributed by atoms with E-state index in [1.165, 1.54) is 29.0 Å². The van der Waals surface area contributed by atoms with Gasteiger partial charge < -0.3 is 29.4 Å². The largest absolute Gasteiger partial charge is 0.455 e. The van der Waals surface area contributed by atoms with Crippen LogP contribution in [0.2, 0.25) is 5.02 Å². The van der Waals surface area contributed by atoms with Gasteiger partial charge in [-0.05, 0) is 84.3 Å². The van der Waals surface area contributed by atoms with Crippen LogP contribution in [0.1, 0.15) is 49.0 Å². The van der Waals surface area contributed by atoms with Crippen molar-refractivity contribution in [2.24, 2.45) is 5.41 Å². The molecule has 3 aromatic carbocycles. The van der Waals surface area contributed by atoms with E-state index in [9.17, 15) is 23.3 Å². The molecule has 3 N–H and O–H groups in total. The summed E-state index contributed by atoms with van der Waals surface area (Å²) < 4.78 is 61.5. The Morgan fingerprint density at radius 3 is 2.49 bits per heavy atom. The van der Waals surface area contributed by atoms with Gasteiger partial charge in [0, 0.05) is 67.1 Å². The van der Waals surface area contributed by atoms with E-state index in [1.807, 2.05) is 18.2 Å². The van der Waals surface area contributed by atoms with Gasteiger partial charge >= 0.3 is 0 Å². The Morgan fingerprint density at radius 1 is 1.02 bits per heavy atom. The Bertz CT molecular complexity index is 2640. The summed E-state index contributed by atoms with van der Waals surface area (Å²) in [5.41, 5.74) is 2.87. The molecule has 5 aromatic rings. The monoisotopic (exact) mass is 901 g/mol. The maximum absolute atomic E-state index is 15.3. The number of nitrogens with one attached hydrogen (secondary N) is 3. The van der Waals surface area contributed by atoms with Crippen molar-refractivity contribution in [2.45, 2.75) is 43.7 Å². The van der Waals surface area contributed by atoms with E-state index in [-0.39, 0.29) is 55.4 Å². The number of H-pyrrole nitrogens is 1. The molecule has 8 rings (SSSR count). The van der Waals surface area contributed by atoms with Crippen molar-refractivity contribution in [1.29, 1.82) is 0 Å². The predicted octanol–water partition coefficient (Wildman–Crippen LogP) is 7.99. The quantitative estimate of drug-likeness (QED) is 0.0767. The Balaban J connectivity index is 1.00. The van der Waals surface area contributed by atoms with Gasteiger partial charge in [-0.1, -0.05) is 43.2 Å². The fourth-order valence-corrected chi connectivity index (χ4v) is 9.33. The first-order valence-corrected chi connectivity index (χ1v) is 22.6. The van der Waals surface area contributed by atoms with E-state index in [1.54, 1.807) is 24.4 Å². The van der Waals surface area contributed by atoms with Crippen molar-refractivity contribution in [1.82, 2.24) is 19.6 Å². The van der Waals surface area contributed by atoms with Gasteiger partial charge in [-0.2, -0.15) is 0 Å². The number of aromatic nitrogens is 2. The summed E-state index contributed by atoms with van der Waals surface area (Å²) in [7, 11) is -4.67. The molecule has 2 aromatic heterocycles. The molecular formula is C45H49ClFN7O8S. The molecule has 18 heteroatoms. The number of halogens is 2. The summed E-state index contributed by atoms with van der Waals surface area (Å²) >= 11 is 6.23. The molecule has 332 valence electrons. The number of hydrogen-bond acceptors (Lipinski definition) is 12. The number of piperazine rings is 1. The highest BCUT2D eigenvalue weighted by atomic mass is 35.5. The lowest BCUT2D eigenvalue weighted by Crippen LogP contribution is -2.47. The third-order valence-corrected chi connectivity index (χ3v) is 13.3. The number of carbonyl (C=O) groups excluding carboxylic acids is 1. The highest BCUT2D eigenvalue weighted by molar-refractivity contribution is 7.90. The number of amides is 1. The number of pyridine rings is 1. The van der Waals surface area contributed by atoms with Crippen LogP contribution in [0.3, 0.4) is 0 Å². The van der Waals surface area contributed by atoms with Gasteiger partial charge in [-0.25, -0.2) is 22.5 Å². The van der Waals surface area contributed by atoms with E-state index in [0.29, 0.717) is 29.5 Å². The lowest BCUT2D eigenvalue weighted by molar-refractivity contribution is -0.384. The number of ether oxygens (including phenoxy) is 3. The minimum Gasteiger partial charge on any atom is -0.455 e. The van der Waals surface area contributed by atoms with Crippen LogP contribution in [-0.4, -0.2) is 105 Å². The number of hydrogen-bond donors (Lipinski definition) is 3. The maximum atomic E-state index is 15.3. The normalized spacial score (nSPS) is 18.2. The van der Waals surface area contributed by atoms with Gasteiger partial charge in [-0.3, -0.25) is 19.8 Å². The average molecular weight is 902 g/mol. The van der Waals surface area contributed by atoms with E-state index in [0.717, 1.165) is 68.2 Å². The van der Waals surface area contributed by atoms with Crippen molar-refractivity contribution in [3.8, 4) is 11.5 Å². The molecule has 0 atom stereocenters. The average Bonchev–Trinajstić information content (AvgIpc) is 3.62. The fourth-order valence-electron chi connectivity index (χ4n) is 8.22. The fraction of sp³-hybridized carbons (Fsp3) is 0.378. The zero-order chi connectivity index (χ0) is 44.4. The van der Waals surface area contributed by atoms with Gasteiger partial charge in [0.25, 0.3) is 21.6 Å². The molecule has 3 aliphatic rings. The number of benzene rings is 3. The first-order valence-electron chi connectivity index (χ1n) is 20.8. The minimum atomic E-state index is -4.67. The molecule has 0 saturated carbocycles. The second-order valence-electron chi connectivity index (χ2n) is 17.0. The highest BCUT2D eigenvalue weighted by Gasteiger charge is 2.34. The number of aromatic amines is 1. The van der Waals surface area contributed by atoms with Gasteiger partial charge in [0.1, 0.15) is 22.8 Å². The standard InChI is InChI=1S/C45H49ClFN7O8S/c1-44(2)13-11-32(38(24-44)30-3-5-33(46)6-4-30)26-52-15-17-53(18-16-52)34-7-9-37(41(22-34)62-35-21-31-12-14-48-42(31)49-25-35)43(55)51-63(58,59)36-8-10-39(40(23-36)54(56)57)50-27-45(47)28-60-19-20-61-29-45/h3-10,12,14,21-23,25,50H,11,13,15-20,24,26-29H2,1-2H3,(H,48,49)(H,51,55). The van der Waals surface area contributed by atoms with Crippen LogP contribution < -0.4 is 19.7 Å². The number of nitro benzene ring substituents is 1. The predicted molar refractivity (Wildman–Crippen MR) is 239 cm³/mol. The Kier molecular flexibility index (Phi) is 12.8. The number of anilines is 2. The summed E-state index contributed by atoms with van der Waals surface area (Å²) in [6.45, 7) is 7.97. The first-order chi connectivity index (χ1) is 30.1. The third-order valence-electron chi connectivity index (χ3n) is 11.7. The molecule has 2 fully saturated rings. The first kappa shape index (κ1) is 44.0. The van der Waals surface area contributed by atoms with E-state index in [2.05, 4.69) is 55.8 Å². The van der Waals surface area contributed by atoms with Crippen LogP contribution in [0.4, 0.5) is 21.5 Å². The lowest BCUT2D eigenvalue weighted by atomic mass is 9.72. The van der Waals surface area contributed by atoms with Crippen molar-refractivity contribution < 1.29 is 36.7 Å². The number of nitrogens with zero attached hydrogens (tertiary/aromatic N) is 4. The zero-order valence-electron chi connectivity index (χ0n) is 35.0. The molecule has 1 amide bonds. The number of allylic oxidation sites excluding steroid dienone is 1. The molecular weight excluding hydrogens is 853 g/mol. The molecule has 0 radical (unpaired) electrons. The van der Waals surface area contributed by atoms with E-state index < -0.39 is 37.1 Å². The summed E-state index contributed by atoms with van der Waals surface area (Å²) in [5, 5.41) is 16.3. The maximum Gasteiger partial charge on any atom is 0.293 e. The van der Waals surface area contributed by atoms with Gasteiger partial charge in [0.2, 0.25) is 0 Å². The van der Waals surface area contributed by atoms with Crippen LogP contribution in [0, 0.1) is 15.5 Å². The number of fused-ring (bicyclic) bond motifs is 1. The molecule has 63 heavy (non-hydrogen) atoms. The molecule has 1 aliphatic carbocycles. The number of sulfonamides is 1. The smallest absolute Gasteiger partial charge is 0.293 e. The topological polar surface area (TPSA) is 181 Å². The SMILES string of the molecule is CC1(C)CCC(CN2CCN(c3ccc(C(=O)NS(=O)(=O)c4ccc(NCC5(F)COCCOC5)c([N+](=O)[O-])c4)c(Oc4cnc5[nH]ccc5c4)c3)CC2)=C(c2ccc(Cl)cc2)C1. The summed E-state index contributed by atoms with van der Waals surface area (Å²) in [6.07, 6.45) is 6.38. The van der Waals surface area contributed by atoms with Crippen LogP contribution in [0.5, 0.6) is 11.5 Å². The molecule has 15 nitrogen and oxygen atoms in total. The summed E-state index contributed by atoms with van der Waals surface area (Å²) in [4.78, 5) is 36.8. The van der Waals surface area contributed by atoms with Crippen molar-refractivity contribution in [2.75, 3.05) is 75.9 Å².